The topological polar surface area (TPSA) is 15.8 Å². The Hall–Kier alpha value is -1.42. The Bertz CT molecular complexity index is 476. The minimum Gasteiger partial charge on any atom is -0.358 e. The van der Waals surface area contributed by atoms with Crippen LogP contribution in [0.25, 0.3) is 11.8 Å². The van der Waals surface area contributed by atoms with Gasteiger partial charge in [-0.1, -0.05) is 11.5 Å². The molecule has 1 aliphatic rings. The first-order chi connectivity index (χ1) is 5.29. The molecule has 1 heteroatoms. The number of aromatic amines is 1. The number of aryl methyl sites for hydroxylation is 1. The van der Waals surface area contributed by atoms with Gasteiger partial charge in [-0.3, -0.25) is 0 Å². The van der Waals surface area contributed by atoms with Gasteiger partial charge in [0.15, 0.2) is 0 Å². The molecule has 0 aliphatic heterocycles. The summed E-state index contributed by atoms with van der Waals surface area (Å²) in [6, 6.07) is 0. The lowest BCUT2D eigenvalue weighted by Crippen LogP contribution is -2.23. The van der Waals surface area contributed by atoms with Gasteiger partial charge in [0.25, 0.3) is 0 Å². The van der Waals surface area contributed by atoms with Crippen LogP contribution in [0.3, 0.4) is 0 Å². The molecule has 1 aromatic rings. The summed E-state index contributed by atoms with van der Waals surface area (Å²) in [7, 11) is 0. The first-order valence-electron chi connectivity index (χ1n) is 3.66. The first-order valence-corrected chi connectivity index (χ1v) is 3.66. The van der Waals surface area contributed by atoms with Crippen molar-refractivity contribution in [1.29, 1.82) is 0 Å². The van der Waals surface area contributed by atoms with E-state index in [1.54, 1.807) is 0 Å². The summed E-state index contributed by atoms with van der Waals surface area (Å²) in [5, 5.41) is 2.31. The highest BCUT2D eigenvalue weighted by atomic mass is 14.7. The molecule has 11 heavy (non-hydrogen) atoms. The van der Waals surface area contributed by atoms with Gasteiger partial charge in [-0.05, 0) is 31.6 Å². The second-order valence-corrected chi connectivity index (χ2v) is 2.77. The van der Waals surface area contributed by atoms with Crippen LogP contribution in [0.15, 0.2) is 11.8 Å². The second-order valence-electron chi connectivity index (χ2n) is 2.77. The molecule has 1 heterocycles. The van der Waals surface area contributed by atoms with Crippen molar-refractivity contribution >= 4 is 11.8 Å². The van der Waals surface area contributed by atoms with Gasteiger partial charge in [0.2, 0.25) is 0 Å². The molecule has 0 atom stereocenters. The maximum atomic E-state index is 3.28. The first kappa shape index (κ1) is 6.30. The number of rotatable bonds is 0. The molecule has 1 N–H and O–H groups in total. The fraction of sp³-hybridized carbons (Fsp3) is 0.200. The minimum atomic E-state index is 1.15. The summed E-state index contributed by atoms with van der Waals surface area (Å²) in [6.07, 6.45) is 3.89. The van der Waals surface area contributed by atoms with Crippen molar-refractivity contribution in [2.45, 2.75) is 13.8 Å². The van der Waals surface area contributed by atoms with Crippen molar-refractivity contribution in [3.8, 4) is 0 Å². The Labute approximate surface area is 65.1 Å². The molecular weight excluding hydrogens is 134 g/mol. The number of hydrogen-bond donors (Lipinski definition) is 1. The van der Waals surface area contributed by atoms with Gasteiger partial charge in [0, 0.05) is 5.69 Å². The van der Waals surface area contributed by atoms with Crippen LogP contribution in [0.1, 0.15) is 11.3 Å². The molecular formula is C10H9N. The summed E-state index contributed by atoms with van der Waals surface area (Å²) in [5.41, 5.74) is 8.52. The van der Waals surface area contributed by atoms with E-state index in [2.05, 4.69) is 30.3 Å². The fourth-order valence-electron chi connectivity index (χ4n) is 1.27. The summed E-state index contributed by atoms with van der Waals surface area (Å²) in [4.78, 5) is 3.28. The zero-order valence-corrected chi connectivity index (χ0v) is 6.65. The molecule has 0 saturated carbocycles. The standard InChI is InChI=1S/C10H9N/c1-7-8(2)11-10-6-4-3-5-9(7)10/h4,6,11H,1-2H3. The molecule has 1 aromatic heterocycles. The third kappa shape index (κ3) is 0.798. The van der Waals surface area contributed by atoms with Crippen LogP contribution >= 0.6 is 0 Å². The highest BCUT2D eigenvalue weighted by Crippen LogP contribution is 1.92. The summed E-state index contributed by atoms with van der Waals surface area (Å²) >= 11 is 0. The average molecular weight is 143 g/mol. The number of nitrogens with one attached hydrogen (secondary N) is 1. The van der Waals surface area contributed by atoms with Crippen molar-refractivity contribution in [3.05, 3.63) is 33.6 Å². The van der Waals surface area contributed by atoms with E-state index in [-0.39, 0.29) is 0 Å². The molecule has 0 fully saturated rings. The van der Waals surface area contributed by atoms with Crippen LogP contribution in [-0.2, 0) is 0 Å². The van der Waals surface area contributed by atoms with Crippen molar-refractivity contribution < 1.29 is 0 Å². The number of allylic oxidation sites excluding steroid dienone is 1. The number of hydrogen-bond acceptors (Lipinski definition) is 0. The summed E-state index contributed by atoms with van der Waals surface area (Å²) in [6.45, 7) is 4.17. The van der Waals surface area contributed by atoms with Gasteiger partial charge in [-0.2, -0.15) is 0 Å². The Morgan fingerprint density at radius 2 is 2.18 bits per heavy atom. The van der Waals surface area contributed by atoms with Gasteiger partial charge in [0.05, 0.1) is 10.6 Å². The predicted octanol–water partition coefficient (Wildman–Crippen LogP) is 0.516. The third-order valence-electron chi connectivity index (χ3n) is 2.06. The van der Waals surface area contributed by atoms with Crippen molar-refractivity contribution in [2.24, 2.45) is 0 Å². The Kier molecular flexibility index (Phi) is 1.16. The van der Waals surface area contributed by atoms with Gasteiger partial charge in [-0.15, -0.1) is 0 Å². The smallest absolute Gasteiger partial charge is 0.0550 e. The summed E-state index contributed by atoms with van der Waals surface area (Å²) in [5.74, 6) is 0. The molecule has 54 valence electrons. The molecule has 0 bridgehead atoms. The van der Waals surface area contributed by atoms with E-state index in [0.29, 0.717) is 0 Å². The van der Waals surface area contributed by atoms with Crippen LogP contribution in [0.4, 0.5) is 0 Å². The van der Waals surface area contributed by atoms with Gasteiger partial charge in [-0.25, -0.2) is 0 Å². The van der Waals surface area contributed by atoms with Crippen LogP contribution < -0.4 is 10.6 Å². The van der Waals surface area contributed by atoms with E-state index in [0.717, 1.165) is 10.6 Å². The van der Waals surface area contributed by atoms with Crippen LogP contribution in [0.5, 0.6) is 0 Å². The number of H-pyrrole nitrogens is 1. The fourth-order valence-corrected chi connectivity index (χ4v) is 1.27. The zero-order valence-electron chi connectivity index (χ0n) is 6.65. The molecule has 0 spiro atoms. The summed E-state index contributed by atoms with van der Waals surface area (Å²) < 4.78 is 0. The molecule has 1 aliphatic carbocycles. The Balaban J connectivity index is 3.13. The van der Waals surface area contributed by atoms with Gasteiger partial charge >= 0.3 is 0 Å². The second kappa shape index (κ2) is 2.03. The van der Waals surface area contributed by atoms with E-state index < -0.39 is 0 Å². The molecule has 0 unspecified atom stereocenters. The van der Waals surface area contributed by atoms with E-state index in [1.165, 1.54) is 11.3 Å². The van der Waals surface area contributed by atoms with Crippen LogP contribution in [0, 0.1) is 13.8 Å². The zero-order chi connectivity index (χ0) is 7.84. The molecule has 2 rings (SSSR count). The van der Waals surface area contributed by atoms with E-state index in [9.17, 15) is 0 Å². The maximum absolute atomic E-state index is 3.28. The van der Waals surface area contributed by atoms with E-state index in [1.807, 2.05) is 12.2 Å². The Morgan fingerprint density at radius 1 is 1.36 bits per heavy atom. The molecule has 0 amide bonds. The van der Waals surface area contributed by atoms with Crippen LogP contribution in [-0.4, -0.2) is 4.98 Å². The van der Waals surface area contributed by atoms with Crippen molar-refractivity contribution in [3.63, 3.8) is 0 Å². The quantitative estimate of drug-likeness (QED) is 0.509. The lowest BCUT2D eigenvalue weighted by atomic mass is 10.2. The molecule has 0 aromatic carbocycles. The average Bonchev–Trinajstić information content (AvgIpc) is 2.30. The lowest BCUT2D eigenvalue weighted by Gasteiger charge is -1.82. The molecule has 1 nitrogen and oxygen atoms in total. The molecule has 0 radical (unpaired) electrons. The molecule has 0 saturated heterocycles. The Morgan fingerprint density at radius 3 is 2.91 bits per heavy atom. The monoisotopic (exact) mass is 143 g/mol. The maximum Gasteiger partial charge on any atom is 0.0550 e. The SMILES string of the molecule is Cc1[nH]c2c(c1C)=C=C=CC=2. The number of aromatic nitrogens is 1. The largest absolute Gasteiger partial charge is 0.358 e. The van der Waals surface area contributed by atoms with E-state index in [4.69, 9.17) is 0 Å². The highest BCUT2D eigenvalue weighted by Gasteiger charge is 1.98. The van der Waals surface area contributed by atoms with E-state index >= 15 is 0 Å². The van der Waals surface area contributed by atoms with Gasteiger partial charge in [0.1, 0.15) is 0 Å². The van der Waals surface area contributed by atoms with Gasteiger partial charge < -0.3 is 4.98 Å². The highest BCUT2D eigenvalue weighted by molar-refractivity contribution is 5.45. The number of fused-ring (bicyclic) bond motifs is 1. The third-order valence-corrected chi connectivity index (χ3v) is 2.06. The van der Waals surface area contributed by atoms with Crippen molar-refractivity contribution in [2.75, 3.05) is 0 Å². The van der Waals surface area contributed by atoms with Crippen molar-refractivity contribution in [1.82, 2.24) is 4.98 Å². The normalized spacial score (nSPS) is 12.2. The minimum absolute atomic E-state index is 1.15. The van der Waals surface area contributed by atoms with Crippen LogP contribution in [0.2, 0.25) is 0 Å². The lowest BCUT2D eigenvalue weighted by molar-refractivity contribution is 1.20. The predicted molar refractivity (Wildman–Crippen MR) is 45.5 cm³/mol.